The molecule has 1 atom stereocenters. The van der Waals surface area contributed by atoms with E-state index in [2.05, 4.69) is 5.32 Å². The molecule has 0 aromatic heterocycles. The van der Waals surface area contributed by atoms with Gasteiger partial charge in [-0.15, -0.1) is 0 Å². The zero-order chi connectivity index (χ0) is 18.6. The number of nitro groups is 1. The minimum absolute atomic E-state index is 0.0122. The molecule has 0 saturated heterocycles. The van der Waals surface area contributed by atoms with E-state index in [1.54, 1.807) is 25.1 Å². The molecule has 0 unspecified atom stereocenters. The lowest BCUT2D eigenvalue weighted by Gasteiger charge is -2.18. The zero-order valence-corrected chi connectivity index (χ0v) is 13.9. The Bertz CT molecular complexity index is 810. The van der Waals surface area contributed by atoms with Gasteiger partial charge < -0.3 is 14.8 Å². The van der Waals surface area contributed by atoms with Crippen molar-refractivity contribution in [1.29, 1.82) is 0 Å². The fourth-order valence-corrected chi connectivity index (χ4v) is 2.33. The predicted octanol–water partition coefficient (Wildman–Crippen LogP) is 3.24. The molecular weight excluding hydrogens is 331 g/mol. The van der Waals surface area contributed by atoms with E-state index >= 15 is 0 Å². The fraction of sp³-hybridized carbons (Fsp3) is 0.235. The second kappa shape index (κ2) is 7.61. The summed E-state index contributed by atoms with van der Waals surface area (Å²) in [7, 11) is 3.02. The number of carbonyl (C=O) groups excluding carboxylic acids is 1. The first kappa shape index (κ1) is 18.2. The van der Waals surface area contributed by atoms with Gasteiger partial charge in [0.05, 0.1) is 25.2 Å². The fourth-order valence-electron chi connectivity index (χ4n) is 2.33. The van der Waals surface area contributed by atoms with Crippen molar-refractivity contribution in [3.63, 3.8) is 0 Å². The average molecular weight is 348 g/mol. The monoisotopic (exact) mass is 348 g/mol. The summed E-state index contributed by atoms with van der Waals surface area (Å²) in [5, 5.41) is 13.5. The van der Waals surface area contributed by atoms with E-state index in [1.165, 1.54) is 20.3 Å². The van der Waals surface area contributed by atoms with Crippen LogP contribution in [0.3, 0.4) is 0 Å². The van der Waals surface area contributed by atoms with Crippen LogP contribution in [0.25, 0.3) is 0 Å². The number of amides is 1. The van der Waals surface area contributed by atoms with Crippen LogP contribution in [0, 0.1) is 15.9 Å². The van der Waals surface area contributed by atoms with Crippen molar-refractivity contribution in [2.45, 2.75) is 13.0 Å². The molecule has 0 bridgehead atoms. The number of hydrogen-bond donors (Lipinski definition) is 1. The Morgan fingerprint density at radius 1 is 1.20 bits per heavy atom. The third-order valence-electron chi connectivity index (χ3n) is 3.66. The summed E-state index contributed by atoms with van der Waals surface area (Å²) >= 11 is 0. The van der Waals surface area contributed by atoms with Crippen LogP contribution < -0.4 is 14.8 Å². The molecule has 2 aromatic carbocycles. The third kappa shape index (κ3) is 4.03. The van der Waals surface area contributed by atoms with Gasteiger partial charge in [-0.05, 0) is 37.3 Å². The van der Waals surface area contributed by atoms with Gasteiger partial charge in [0.25, 0.3) is 5.91 Å². The minimum Gasteiger partial charge on any atom is -0.497 e. The Morgan fingerprint density at radius 2 is 1.92 bits per heavy atom. The smallest absolute Gasteiger partial charge is 0.305 e. The van der Waals surface area contributed by atoms with Crippen LogP contribution in [0.2, 0.25) is 0 Å². The lowest BCUT2D eigenvalue weighted by molar-refractivity contribution is -0.387. The molecule has 1 amide bonds. The highest BCUT2D eigenvalue weighted by molar-refractivity contribution is 5.95. The highest BCUT2D eigenvalue weighted by atomic mass is 19.1. The number of ether oxygens (including phenoxy) is 2. The predicted molar refractivity (Wildman–Crippen MR) is 88.5 cm³/mol. The molecule has 0 spiro atoms. The van der Waals surface area contributed by atoms with Crippen LogP contribution in [0.15, 0.2) is 36.4 Å². The average Bonchev–Trinajstić information content (AvgIpc) is 2.60. The summed E-state index contributed by atoms with van der Waals surface area (Å²) in [5.41, 5.74) is -0.0899. The number of hydrogen-bond acceptors (Lipinski definition) is 5. The van der Waals surface area contributed by atoms with Crippen LogP contribution >= 0.6 is 0 Å². The summed E-state index contributed by atoms with van der Waals surface area (Å²) in [6.07, 6.45) is 0. The number of halogens is 1. The first-order valence-electron chi connectivity index (χ1n) is 7.34. The highest BCUT2D eigenvalue weighted by Gasteiger charge is 2.20. The Hall–Kier alpha value is -3.16. The zero-order valence-electron chi connectivity index (χ0n) is 13.9. The topological polar surface area (TPSA) is 90.7 Å². The van der Waals surface area contributed by atoms with Crippen LogP contribution in [0.5, 0.6) is 11.5 Å². The Balaban J connectivity index is 2.26. The molecule has 0 radical (unpaired) electrons. The van der Waals surface area contributed by atoms with Crippen molar-refractivity contribution in [2.75, 3.05) is 14.2 Å². The SMILES string of the molecule is COc1ccc(OC)c([C@@H](C)NC(=O)c2ccc(F)c([N+](=O)[O-])c2)c1. The molecule has 25 heavy (non-hydrogen) atoms. The number of methoxy groups -OCH3 is 2. The number of rotatable bonds is 6. The van der Waals surface area contributed by atoms with Gasteiger partial charge in [-0.1, -0.05) is 0 Å². The molecule has 0 aliphatic rings. The summed E-state index contributed by atoms with van der Waals surface area (Å²) in [4.78, 5) is 22.3. The normalized spacial score (nSPS) is 11.5. The molecule has 0 aliphatic heterocycles. The second-order valence-corrected chi connectivity index (χ2v) is 5.23. The highest BCUT2D eigenvalue weighted by Crippen LogP contribution is 2.29. The van der Waals surface area contributed by atoms with Crippen LogP contribution in [0.4, 0.5) is 10.1 Å². The number of benzene rings is 2. The van der Waals surface area contributed by atoms with E-state index in [0.29, 0.717) is 17.1 Å². The first-order chi connectivity index (χ1) is 11.9. The van der Waals surface area contributed by atoms with Crippen molar-refractivity contribution in [3.05, 3.63) is 63.5 Å². The van der Waals surface area contributed by atoms with Crippen molar-refractivity contribution < 1.29 is 23.6 Å². The quantitative estimate of drug-likeness (QED) is 0.639. The second-order valence-electron chi connectivity index (χ2n) is 5.23. The summed E-state index contributed by atoms with van der Waals surface area (Å²) in [6, 6.07) is 7.66. The van der Waals surface area contributed by atoms with E-state index in [1.807, 2.05) is 0 Å². The molecule has 0 aliphatic carbocycles. The molecule has 0 heterocycles. The van der Waals surface area contributed by atoms with Gasteiger partial charge in [-0.3, -0.25) is 14.9 Å². The van der Waals surface area contributed by atoms with E-state index in [-0.39, 0.29) is 5.56 Å². The van der Waals surface area contributed by atoms with E-state index < -0.39 is 28.4 Å². The number of nitrogens with one attached hydrogen (secondary N) is 1. The van der Waals surface area contributed by atoms with Crippen molar-refractivity contribution in [2.24, 2.45) is 0 Å². The van der Waals surface area contributed by atoms with Crippen molar-refractivity contribution in [3.8, 4) is 11.5 Å². The molecule has 7 nitrogen and oxygen atoms in total. The summed E-state index contributed by atoms with van der Waals surface area (Å²) in [6.45, 7) is 1.73. The van der Waals surface area contributed by atoms with E-state index in [9.17, 15) is 19.3 Å². The van der Waals surface area contributed by atoms with Crippen LogP contribution in [0.1, 0.15) is 28.9 Å². The maximum absolute atomic E-state index is 13.4. The molecule has 1 N–H and O–H groups in total. The maximum Gasteiger partial charge on any atom is 0.305 e. The lowest BCUT2D eigenvalue weighted by atomic mass is 10.1. The van der Waals surface area contributed by atoms with Gasteiger partial charge in [-0.2, -0.15) is 4.39 Å². The standard InChI is InChI=1S/C17H17FN2O5/c1-10(13-9-12(24-2)5-7-16(13)25-3)19-17(21)11-4-6-14(18)15(8-11)20(22)23/h4-10H,1-3H3,(H,19,21)/t10-/m1/s1. The number of carbonyl (C=O) groups is 1. The molecule has 2 rings (SSSR count). The Morgan fingerprint density at radius 3 is 2.52 bits per heavy atom. The van der Waals surface area contributed by atoms with Crippen molar-refractivity contribution in [1.82, 2.24) is 5.32 Å². The molecule has 132 valence electrons. The van der Waals surface area contributed by atoms with Gasteiger partial charge in [-0.25, -0.2) is 0 Å². The van der Waals surface area contributed by atoms with Gasteiger partial charge in [0.1, 0.15) is 11.5 Å². The minimum atomic E-state index is -0.996. The van der Waals surface area contributed by atoms with Gasteiger partial charge in [0.2, 0.25) is 5.82 Å². The number of nitrogens with zero attached hydrogens (tertiary/aromatic N) is 1. The molecule has 8 heteroatoms. The largest absolute Gasteiger partial charge is 0.497 e. The van der Waals surface area contributed by atoms with Crippen LogP contribution in [-0.4, -0.2) is 25.1 Å². The van der Waals surface area contributed by atoms with Crippen molar-refractivity contribution >= 4 is 11.6 Å². The molecular formula is C17H17FN2O5. The van der Waals surface area contributed by atoms with Gasteiger partial charge in [0.15, 0.2) is 0 Å². The first-order valence-corrected chi connectivity index (χ1v) is 7.34. The third-order valence-corrected chi connectivity index (χ3v) is 3.66. The number of nitro benzene ring substituents is 1. The molecule has 2 aromatic rings. The van der Waals surface area contributed by atoms with E-state index in [4.69, 9.17) is 9.47 Å². The summed E-state index contributed by atoms with van der Waals surface area (Å²) < 4.78 is 23.8. The molecule has 0 fully saturated rings. The van der Waals surface area contributed by atoms with E-state index in [0.717, 1.165) is 12.1 Å². The lowest BCUT2D eigenvalue weighted by Crippen LogP contribution is -2.27. The van der Waals surface area contributed by atoms with Gasteiger partial charge >= 0.3 is 5.69 Å². The van der Waals surface area contributed by atoms with Crippen LogP contribution in [-0.2, 0) is 0 Å². The molecule has 0 saturated carbocycles. The summed E-state index contributed by atoms with van der Waals surface area (Å²) in [5.74, 6) is -0.419. The maximum atomic E-state index is 13.4. The Labute approximate surface area is 143 Å². The van der Waals surface area contributed by atoms with Gasteiger partial charge in [0, 0.05) is 17.2 Å². The Kier molecular flexibility index (Phi) is 5.53.